The van der Waals surface area contributed by atoms with E-state index in [9.17, 15) is 23.3 Å². The molecule has 0 radical (unpaired) electrons. The second-order valence-corrected chi connectivity index (χ2v) is 11.5. The van der Waals surface area contributed by atoms with Crippen molar-refractivity contribution in [2.75, 3.05) is 42.4 Å². The van der Waals surface area contributed by atoms with Crippen LogP contribution in [0.25, 0.3) is 10.2 Å². The number of fused-ring (bicyclic) bond motifs is 1. The smallest absolute Gasteiger partial charge is 0.270 e. The molecule has 0 saturated carbocycles. The largest absolute Gasteiger partial charge is 0.345 e. The number of benzene rings is 3. The van der Waals surface area contributed by atoms with Gasteiger partial charge in [0.1, 0.15) is 0 Å². The third kappa shape index (κ3) is 4.85. The summed E-state index contributed by atoms with van der Waals surface area (Å²) in [6.45, 7) is 2.10. The van der Waals surface area contributed by atoms with Gasteiger partial charge in [-0.1, -0.05) is 29.5 Å². The number of hydrogen-bond acceptors (Lipinski definition) is 8. The molecule has 1 aromatic heterocycles. The number of carbonyl (C=O) groups is 1. The predicted octanol–water partition coefficient (Wildman–Crippen LogP) is 3.99. The topological polar surface area (TPSA) is 117 Å². The summed E-state index contributed by atoms with van der Waals surface area (Å²) < 4.78 is 27.9. The van der Waals surface area contributed by atoms with E-state index in [-0.39, 0.29) is 16.5 Å². The van der Waals surface area contributed by atoms with Crippen LogP contribution in [-0.4, -0.2) is 62.4 Å². The van der Waals surface area contributed by atoms with Gasteiger partial charge in [0.2, 0.25) is 0 Å². The number of carbonyl (C=O) groups excluding carboxylic acids is 1. The average Bonchev–Trinajstić information content (AvgIpc) is 3.36. The molecule has 2 heterocycles. The van der Waals surface area contributed by atoms with Gasteiger partial charge in [0.15, 0.2) is 5.13 Å². The number of aromatic nitrogens is 1. The Kier molecular flexibility index (Phi) is 6.52. The van der Waals surface area contributed by atoms with Gasteiger partial charge in [-0.2, -0.15) is 0 Å². The highest BCUT2D eigenvalue weighted by Crippen LogP contribution is 2.32. The number of amides is 1. The van der Waals surface area contributed by atoms with Crippen molar-refractivity contribution in [2.24, 2.45) is 0 Å². The van der Waals surface area contributed by atoms with Crippen molar-refractivity contribution < 1.29 is 18.1 Å². The number of nitrogens with zero attached hydrogens (tertiary/aromatic N) is 5. The van der Waals surface area contributed by atoms with E-state index in [2.05, 4.69) is 9.88 Å². The number of sulfonamides is 1. The molecule has 0 bridgehead atoms. The quantitative estimate of drug-likeness (QED) is 0.270. The number of non-ortho nitro benzene ring substituents is 1. The van der Waals surface area contributed by atoms with Crippen LogP contribution in [0.1, 0.15) is 10.4 Å². The molecule has 1 aliphatic heterocycles. The second-order valence-electron chi connectivity index (χ2n) is 8.52. The molecule has 5 rings (SSSR count). The zero-order valence-electron chi connectivity index (χ0n) is 19.9. The predicted molar refractivity (Wildman–Crippen MR) is 143 cm³/mol. The van der Waals surface area contributed by atoms with E-state index in [1.165, 1.54) is 47.0 Å². The van der Waals surface area contributed by atoms with Crippen molar-refractivity contribution >= 4 is 54.0 Å². The standard InChI is InChI=1S/C25H23N5O5S2/c1-27(19-5-3-2-4-6-19)37(34,35)21-10-7-18(8-11-21)24(31)28-13-15-29(16-14-28)25-26-22-12-9-20(30(32)33)17-23(22)36-25/h2-12,17H,13-16H2,1H3. The van der Waals surface area contributed by atoms with E-state index in [0.717, 1.165) is 9.83 Å². The Bertz CT molecular complexity index is 1560. The molecule has 190 valence electrons. The van der Waals surface area contributed by atoms with Crippen molar-refractivity contribution in [2.45, 2.75) is 4.90 Å². The second kappa shape index (κ2) is 9.79. The molecular formula is C25H23N5O5S2. The first-order chi connectivity index (χ1) is 17.7. The summed E-state index contributed by atoms with van der Waals surface area (Å²) in [4.78, 5) is 32.2. The highest BCUT2D eigenvalue weighted by molar-refractivity contribution is 7.92. The maximum Gasteiger partial charge on any atom is 0.270 e. The molecule has 0 spiro atoms. The minimum atomic E-state index is -3.76. The van der Waals surface area contributed by atoms with Crippen LogP contribution in [0, 0.1) is 10.1 Å². The van der Waals surface area contributed by atoms with Gasteiger partial charge in [-0.25, -0.2) is 13.4 Å². The van der Waals surface area contributed by atoms with Gasteiger partial charge < -0.3 is 9.80 Å². The third-order valence-corrected chi connectivity index (χ3v) is 9.17. The van der Waals surface area contributed by atoms with Crippen LogP contribution in [0.15, 0.2) is 77.7 Å². The molecule has 1 aliphatic rings. The lowest BCUT2D eigenvalue weighted by Crippen LogP contribution is -2.48. The zero-order valence-corrected chi connectivity index (χ0v) is 21.5. The van der Waals surface area contributed by atoms with Crippen molar-refractivity contribution in [3.05, 3.63) is 88.5 Å². The van der Waals surface area contributed by atoms with Gasteiger partial charge >= 0.3 is 0 Å². The monoisotopic (exact) mass is 537 g/mol. The van der Waals surface area contributed by atoms with Gasteiger partial charge in [-0.15, -0.1) is 0 Å². The van der Waals surface area contributed by atoms with Crippen LogP contribution in [0.4, 0.5) is 16.5 Å². The third-order valence-electron chi connectivity index (χ3n) is 6.29. The fourth-order valence-electron chi connectivity index (χ4n) is 4.14. The number of nitro benzene ring substituents is 1. The van der Waals surface area contributed by atoms with Crippen LogP contribution in [0.3, 0.4) is 0 Å². The first-order valence-electron chi connectivity index (χ1n) is 11.5. The normalized spacial score (nSPS) is 14.1. The number of thiazole rings is 1. The highest BCUT2D eigenvalue weighted by atomic mass is 32.2. The van der Waals surface area contributed by atoms with Crippen LogP contribution < -0.4 is 9.21 Å². The highest BCUT2D eigenvalue weighted by Gasteiger charge is 2.26. The minimum Gasteiger partial charge on any atom is -0.345 e. The Morgan fingerprint density at radius 1 is 1.00 bits per heavy atom. The van der Waals surface area contributed by atoms with E-state index in [0.29, 0.717) is 42.9 Å². The van der Waals surface area contributed by atoms with Gasteiger partial charge in [-0.05, 0) is 42.5 Å². The van der Waals surface area contributed by atoms with E-state index in [4.69, 9.17) is 0 Å². The molecule has 0 aliphatic carbocycles. The SMILES string of the molecule is CN(c1ccccc1)S(=O)(=O)c1ccc(C(=O)N2CCN(c3nc4ccc([N+](=O)[O-])cc4s3)CC2)cc1. The summed E-state index contributed by atoms with van der Waals surface area (Å²) in [5.41, 5.74) is 1.70. The Hall–Kier alpha value is -4.03. The Morgan fingerprint density at radius 2 is 1.68 bits per heavy atom. The number of nitro groups is 1. The first kappa shape index (κ1) is 24.7. The van der Waals surface area contributed by atoms with Crippen LogP contribution in [0.2, 0.25) is 0 Å². The van der Waals surface area contributed by atoms with Gasteiger partial charge in [0, 0.05) is 50.9 Å². The summed E-state index contributed by atoms with van der Waals surface area (Å²) in [6.07, 6.45) is 0. The average molecular weight is 538 g/mol. The molecule has 12 heteroatoms. The Balaban J connectivity index is 1.24. The molecule has 1 saturated heterocycles. The zero-order chi connectivity index (χ0) is 26.2. The fourth-order valence-corrected chi connectivity index (χ4v) is 6.38. The van der Waals surface area contributed by atoms with E-state index in [1.807, 2.05) is 6.07 Å². The van der Waals surface area contributed by atoms with Crippen LogP contribution >= 0.6 is 11.3 Å². The van der Waals surface area contributed by atoms with Crippen molar-refractivity contribution in [1.82, 2.24) is 9.88 Å². The van der Waals surface area contributed by atoms with Gasteiger partial charge in [0.25, 0.3) is 21.6 Å². The van der Waals surface area contributed by atoms with Crippen molar-refractivity contribution in [3.8, 4) is 0 Å². The number of anilines is 2. The molecule has 10 nitrogen and oxygen atoms in total. The van der Waals surface area contributed by atoms with Gasteiger partial charge in [-0.3, -0.25) is 19.2 Å². The molecule has 3 aromatic carbocycles. The maximum atomic E-state index is 13.1. The number of hydrogen-bond donors (Lipinski definition) is 0. The molecule has 4 aromatic rings. The van der Waals surface area contributed by atoms with E-state index < -0.39 is 14.9 Å². The lowest BCUT2D eigenvalue weighted by atomic mass is 10.2. The lowest BCUT2D eigenvalue weighted by molar-refractivity contribution is -0.384. The Labute approximate surface area is 217 Å². The molecule has 0 N–H and O–H groups in total. The fraction of sp³-hybridized carbons (Fsp3) is 0.200. The van der Waals surface area contributed by atoms with Crippen LogP contribution in [0.5, 0.6) is 0 Å². The number of piperazine rings is 1. The first-order valence-corrected chi connectivity index (χ1v) is 13.7. The number of para-hydroxylation sites is 1. The summed E-state index contributed by atoms with van der Waals surface area (Å²) in [7, 11) is -2.26. The van der Waals surface area contributed by atoms with E-state index >= 15 is 0 Å². The number of rotatable bonds is 6. The lowest BCUT2D eigenvalue weighted by Gasteiger charge is -2.34. The van der Waals surface area contributed by atoms with Crippen molar-refractivity contribution in [3.63, 3.8) is 0 Å². The van der Waals surface area contributed by atoms with Crippen molar-refractivity contribution in [1.29, 1.82) is 0 Å². The summed E-state index contributed by atoms with van der Waals surface area (Å²) in [5, 5.41) is 11.8. The molecule has 1 amide bonds. The summed E-state index contributed by atoms with van der Waals surface area (Å²) in [6, 6.07) is 19.4. The minimum absolute atomic E-state index is 0.0312. The molecule has 0 atom stereocenters. The molecular weight excluding hydrogens is 514 g/mol. The molecule has 0 unspecified atom stereocenters. The van der Waals surface area contributed by atoms with Gasteiger partial charge in [0.05, 0.1) is 25.7 Å². The summed E-state index contributed by atoms with van der Waals surface area (Å²) >= 11 is 1.39. The Morgan fingerprint density at radius 3 is 2.32 bits per heavy atom. The molecule has 37 heavy (non-hydrogen) atoms. The maximum absolute atomic E-state index is 13.1. The van der Waals surface area contributed by atoms with Crippen LogP contribution in [-0.2, 0) is 10.0 Å². The molecule has 1 fully saturated rings. The van der Waals surface area contributed by atoms with E-state index in [1.54, 1.807) is 47.4 Å². The summed E-state index contributed by atoms with van der Waals surface area (Å²) in [5.74, 6) is -0.167.